The van der Waals surface area contributed by atoms with Crippen LogP contribution in [0.15, 0.2) is 24.3 Å². The molecule has 0 radical (unpaired) electrons. The number of rotatable bonds is 6. The molecule has 2 rings (SSSR count). The lowest BCUT2D eigenvalue weighted by atomic mass is 9.87. The number of benzene rings is 1. The smallest absolute Gasteiger partial charge is 0.306 e. The minimum Gasteiger partial charge on any atom is -0.469 e. The van der Waals surface area contributed by atoms with Crippen molar-refractivity contribution in [3.05, 3.63) is 35.4 Å². The Morgan fingerprint density at radius 2 is 2.25 bits per heavy atom. The molecule has 0 aliphatic heterocycles. The molecule has 20 heavy (non-hydrogen) atoms. The van der Waals surface area contributed by atoms with Crippen molar-refractivity contribution >= 4 is 17.7 Å². The zero-order valence-corrected chi connectivity index (χ0v) is 13.0. The largest absolute Gasteiger partial charge is 0.469 e. The van der Waals surface area contributed by atoms with E-state index in [2.05, 4.69) is 36.5 Å². The minimum absolute atomic E-state index is 0.117. The van der Waals surface area contributed by atoms with Crippen LogP contribution in [0, 0.1) is 0 Å². The molecule has 4 heteroatoms. The summed E-state index contributed by atoms with van der Waals surface area (Å²) in [6.45, 7) is 3.11. The molecule has 1 N–H and O–H groups in total. The Kier molecular flexibility index (Phi) is 5.92. The second-order valence-electron chi connectivity index (χ2n) is 5.01. The van der Waals surface area contributed by atoms with Crippen LogP contribution >= 0.6 is 11.8 Å². The van der Waals surface area contributed by atoms with E-state index in [-0.39, 0.29) is 5.97 Å². The maximum absolute atomic E-state index is 11.2. The summed E-state index contributed by atoms with van der Waals surface area (Å²) in [7, 11) is 1.45. The summed E-state index contributed by atoms with van der Waals surface area (Å²) in [6, 6.07) is 9.09. The van der Waals surface area contributed by atoms with Gasteiger partial charge in [-0.05, 0) is 30.5 Å². The van der Waals surface area contributed by atoms with Gasteiger partial charge in [0.1, 0.15) is 0 Å². The van der Waals surface area contributed by atoms with Gasteiger partial charge in [0.2, 0.25) is 0 Å². The van der Waals surface area contributed by atoms with E-state index < -0.39 is 0 Å². The molecule has 2 unspecified atom stereocenters. The van der Waals surface area contributed by atoms with E-state index in [9.17, 15) is 4.79 Å². The fraction of sp³-hybridized carbons (Fsp3) is 0.562. The SMILES string of the molecule is CCNC1c2ccccc2CCC1SCCC(=O)OC. The quantitative estimate of drug-likeness (QED) is 0.818. The molecular weight excluding hydrogens is 270 g/mol. The van der Waals surface area contributed by atoms with Gasteiger partial charge >= 0.3 is 5.97 Å². The summed E-state index contributed by atoms with van der Waals surface area (Å²) in [5.74, 6) is 0.718. The first-order valence-electron chi connectivity index (χ1n) is 7.25. The third-order valence-electron chi connectivity index (χ3n) is 3.75. The van der Waals surface area contributed by atoms with Crippen LogP contribution in [0.3, 0.4) is 0 Å². The highest BCUT2D eigenvalue weighted by molar-refractivity contribution is 7.99. The Balaban J connectivity index is 2.00. The number of carbonyl (C=O) groups is 1. The van der Waals surface area contributed by atoms with Crippen LogP contribution in [0.1, 0.15) is 36.9 Å². The zero-order valence-electron chi connectivity index (χ0n) is 12.2. The van der Waals surface area contributed by atoms with Crippen LogP contribution in [0.4, 0.5) is 0 Å². The van der Waals surface area contributed by atoms with E-state index in [0.29, 0.717) is 17.7 Å². The van der Waals surface area contributed by atoms with Crippen molar-refractivity contribution < 1.29 is 9.53 Å². The van der Waals surface area contributed by atoms with E-state index in [1.165, 1.54) is 24.7 Å². The second kappa shape index (κ2) is 7.70. The Labute approximate surface area is 125 Å². The number of fused-ring (bicyclic) bond motifs is 1. The molecule has 0 spiro atoms. The van der Waals surface area contributed by atoms with Crippen LogP contribution in [0.5, 0.6) is 0 Å². The molecule has 0 saturated carbocycles. The number of esters is 1. The van der Waals surface area contributed by atoms with Gasteiger partial charge in [0, 0.05) is 17.0 Å². The highest BCUT2D eigenvalue weighted by Crippen LogP contribution is 2.37. The molecule has 1 aliphatic carbocycles. The number of hydrogen-bond donors (Lipinski definition) is 1. The molecule has 0 saturated heterocycles. The number of methoxy groups -OCH3 is 1. The molecule has 3 nitrogen and oxygen atoms in total. The predicted octanol–water partition coefficient (Wildman–Crippen LogP) is 2.95. The topological polar surface area (TPSA) is 38.3 Å². The first-order valence-corrected chi connectivity index (χ1v) is 8.30. The van der Waals surface area contributed by atoms with Gasteiger partial charge in [0.05, 0.1) is 13.5 Å². The van der Waals surface area contributed by atoms with Gasteiger partial charge < -0.3 is 10.1 Å². The third kappa shape index (κ3) is 3.76. The van der Waals surface area contributed by atoms with E-state index >= 15 is 0 Å². The fourth-order valence-electron chi connectivity index (χ4n) is 2.77. The lowest BCUT2D eigenvalue weighted by Crippen LogP contribution is -2.34. The highest BCUT2D eigenvalue weighted by atomic mass is 32.2. The molecule has 0 fully saturated rings. The molecule has 0 amide bonds. The van der Waals surface area contributed by atoms with Crippen LogP contribution in [-0.4, -0.2) is 30.6 Å². The van der Waals surface area contributed by atoms with Crippen molar-refractivity contribution in [2.24, 2.45) is 0 Å². The van der Waals surface area contributed by atoms with Crippen molar-refractivity contribution in [2.45, 2.75) is 37.5 Å². The van der Waals surface area contributed by atoms with Gasteiger partial charge in [-0.25, -0.2) is 0 Å². The van der Waals surface area contributed by atoms with Crippen LogP contribution in [-0.2, 0) is 16.0 Å². The van der Waals surface area contributed by atoms with Gasteiger partial charge in [-0.15, -0.1) is 0 Å². The first kappa shape index (κ1) is 15.4. The lowest BCUT2D eigenvalue weighted by Gasteiger charge is -2.33. The highest BCUT2D eigenvalue weighted by Gasteiger charge is 2.28. The lowest BCUT2D eigenvalue weighted by molar-refractivity contribution is -0.140. The summed E-state index contributed by atoms with van der Waals surface area (Å²) in [4.78, 5) is 11.2. The number of ether oxygens (including phenoxy) is 1. The normalized spacial score (nSPS) is 21.3. The summed E-state index contributed by atoms with van der Waals surface area (Å²) in [5, 5.41) is 4.14. The molecule has 2 atom stereocenters. The van der Waals surface area contributed by atoms with Crippen LogP contribution in [0.2, 0.25) is 0 Å². The summed E-state index contributed by atoms with van der Waals surface area (Å²) < 4.78 is 4.70. The number of carbonyl (C=O) groups excluding carboxylic acids is 1. The fourth-order valence-corrected chi connectivity index (χ4v) is 4.07. The summed E-state index contributed by atoms with van der Waals surface area (Å²) >= 11 is 1.89. The maximum atomic E-state index is 11.2. The van der Waals surface area contributed by atoms with Crippen molar-refractivity contribution in [3.8, 4) is 0 Å². The van der Waals surface area contributed by atoms with E-state index in [1.807, 2.05) is 11.8 Å². The molecular formula is C16H23NO2S. The Hall–Kier alpha value is -1.00. The summed E-state index contributed by atoms with van der Waals surface area (Å²) in [5.41, 5.74) is 2.89. The molecule has 1 aliphatic rings. The van der Waals surface area contributed by atoms with E-state index in [0.717, 1.165) is 18.7 Å². The molecule has 1 aromatic rings. The Morgan fingerprint density at radius 3 is 3.00 bits per heavy atom. The first-order chi connectivity index (χ1) is 9.76. The molecule has 0 heterocycles. The average Bonchev–Trinajstić information content (AvgIpc) is 2.49. The molecule has 0 bridgehead atoms. The third-order valence-corrected chi connectivity index (χ3v) is 5.13. The average molecular weight is 293 g/mol. The van der Waals surface area contributed by atoms with Gasteiger partial charge in [-0.2, -0.15) is 11.8 Å². The monoisotopic (exact) mass is 293 g/mol. The van der Waals surface area contributed by atoms with Gasteiger partial charge in [-0.3, -0.25) is 4.79 Å². The van der Waals surface area contributed by atoms with Crippen molar-refractivity contribution in [2.75, 3.05) is 19.4 Å². The molecule has 0 aromatic heterocycles. The van der Waals surface area contributed by atoms with Crippen LogP contribution < -0.4 is 5.32 Å². The molecule has 1 aromatic carbocycles. The van der Waals surface area contributed by atoms with Gasteiger partial charge in [0.25, 0.3) is 0 Å². The van der Waals surface area contributed by atoms with Gasteiger partial charge in [0.15, 0.2) is 0 Å². The van der Waals surface area contributed by atoms with E-state index in [4.69, 9.17) is 4.74 Å². The number of nitrogens with one attached hydrogen (secondary N) is 1. The number of thioether (sulfide) groups is 1. The zero-order chi connectivity index (χ0) is 14.4. The molecule has 110 valence electrons. The Morgan fingerprint density at radius 1 is 1.45 bits per heavy atom. The van der Waals surface area contributed by atoms with Crippen molar-refractivity contribution in [1.82, 2.24) is 5.32 Å². The number of hydrogen-bond acceptors (Lipinski definition) is 4. The van der Waals surface area contributed by atoms with Crippen molar-refractivity contribution in [3.63, 3.8) is 0 Å². The minimum atomic E-state index is -0.117. The van der Waals surface area contributed by atoms with Gasteiger partial charge in [-0.1, -0.05) is 31.2 Å². The Bertz CT molecular complexity index is 450. The predicted molar refractivity (Wildman–Crippen MR) is 84.1 cm³/mol. The standard InChI is InChI=1S/C16H23NO2S/c1-3-17-16-13-7-5-4-6-12(13)8-9-14(16)20-11-10-15(18)19-2/h4-7,14,16-17H,3,8-11H2,1-2H3. The van der Waals surface area contributed by atoms with Crippen molar-refractivity contribution in [1.29, 1.82) is 0 Å². The number of aryl methyl sites for hydroxylation is 1. The maximum Gasteiger partial charge on any atom is 0.306 e. The second-order valence-corrected chi connectivity index (χ2v) is 6.36. The van der Waals surface area contributed by atoms with Crippen LogP contribution in [0.25, 0.3) is 0 Å². The summed E-state index contributed by atoms with van der Waals surface area (Å²) in [6.07, 6.45) is 2.80. The van der Waals surface area contributed by atoms with E-state index in [1.54, 1.807) is 0 Å².